The van der Waals surface area contributed by atoms with Gasteiger partial charge < -0.3 is 4.90 Å². The number of carbonyl (C=O) groups excluding carboxylic acids is 2. The topological polar surface area (TPSA) is 37.4 Å². The Morgan fingerprint density at radius 3 is 2.03 bits per heavy atom. The highest BCUT2D eigenvalue weighted by molar-refractivity contribution is 7.17. The molecule has 180 valence electrons. The number of carbonyl (C=O) groups is 2. The first-order chi connectivity index (χ1) is 18.7. The molecular formula is C34H21NO2S. The summed E-state index contributed by atoms with van der Waals surface area (Å²) in [6, 6.07) is 40.6. The first-order valence-electron chi connectivity index (χ1n) is 12.4. The van der Waals surface area contributed by atoms with Crippen molar-refractivity contribution in [1.82, 2.24) is 0 Å². The largest absolute Gasteiger partial charge is 0.301 e. The molecule has 4 heteroatoms. The zero-order valence-corrected chi connectivity index (χ0v) is 21.1. The second kappa shape index (κ2) is 8.94. The van der Waals surface area contributed by atoms with Gasteiger partial charge in [-0.3, -0.25) is 9.59 Å². The summed E-state index contributed by atoms with van der Waals surface area (Å²) < 4.78 is 0. The Kier molecular flexibility index (Phi) is 5.27. The average Bonchev–Trinajstić information content (AvgIpc) is 3.52. The van der Waals surface area contributed by atoms with Crippen LogP contribution in [0.3, 0.4) is 0 Å². The van der Waals surface area contributed by atoms with E-state index in [9.17, 15) is 9.59 Å². The molecule has 0 aliphatic heterocycles. The van der Waals surface area contributed by atoms with E-state index in [4.69, 9.17) is 0 Å². The van der Waals surface area contributed by atoms with Crippen molar-refractivity contribution in [1.29, 1.82) is 0 Å². The number of anilines is 3. The Morgan fingerprint density at radius 1 is 0.579 bits per heavy atom. The van der Waals surface area contributed by atoms with Crippen molar-refractivity contribution in [3.05, 3.63) is 143 Å². The molecule has 0 saturated carbocycles. The minimum Gasteiger partial charge on any atom is -0.301 e. The van der Waals surface area contributed by atoms with E-state index in [1.54, 1.807) is 41.7 Å². The highest BCUT2D eigenvalue weighted by Gasteiger charge is 2.32. The number of hydrogen-bond donors (Lipinski definition) is 0. The molecule has 0 atom stereocenters. The van der Waals surface area contributed by atoms with Crippen LogP contribution in [-0.4, -0.2) is 11.6 Å². The first kappa shape index (κ1) is 22.4. The van der Waals surface area contributed by atoms with Crippen molar-refractivity contribution in [2.24, 2.45) is 0 Å². The SMILES string of the molecule is O=C1C(=Cc2ccc(N(c3ccc4ccccc4c3)c3cccc4ccccc34)s2)C(=O)c2ccccc21. The van der Waals surface area contributed by atoms with Crippen molar-refractivity contribution >= 4 is 66.9 Å². The number of allylic oxidation sites excluding steroid dienone is 1. The van der Waals surface area contributed by atoms with Gasteiger partial charge >= 0.3 is 0 Å². The van der Waals surface area contributed by atoms with Crippen LogP contribution in [0, 0.1) is 0 Å². The lowest BCUT2D eigenvalue weighted by molar-refractivity contribution is 0.0990. The van der Waals surface area contributed by atoms with E-state index in [0.717, 1.165) is 37.4 Å². The van der Waals surface area contributed by atoms with Gasteiger partial charge in [-0.2, -0.15) is 0 Å². The van der Waals surface area contributed by atoms with E-state index in [0.29, 0.717) is 11.1 Å². The summed E-state index contributed by atoms with van der Waals surface area (Å²) in [5.41, 5.74) is 3.30. The lowest BCUT2D eigenvalue weighted by Gasteiger charge is -2.25. The van der Waals surface area contributed by atoms with E-state index in [2.05, 4.69) is 89.8 Å². The number of hydrogen-bond acceptors (Lipinski definition) is 4. The Labute approximate surface area is 223 Å². The zero-order chi connectivity index (χ0) is 25.6. The van der Waals surface area contributed by atoms with Gasteiger partial charge in [0.15, 0.2) is 11.6 Å². The molecule has 0 N–H and O–H groups in total. The normalized spacial score (nSPS) is 12.8. The third kappa shape index (κ3) is 3.66. The molecule has 0 amide bonds. The smallest absolute Gasteiger partial charge is 0.197 e. The third-order valence-corrected chi connectivity index (χ3v) is 8.04. The van der Waals surface area contributed by atoms with Gasteiger partial charge in [-0.15, -0.1) is 11.3 Å². The maximum absolute atomic E-state index is 13.0. The Morgan fingerprint density at radius 2 is 1.24 bits per heavy atom. The van der Waals surface area contributed by atoms with Crippen LogP contribution in [0.1, 0.15) is 25.6 Å². The standard InChI is InChI=1S/C34H21NO2S/c36-33-28-13-5-6-14-29(28)34(37)30(33)21-26-18-19-32(38-26)35(25-17-16-22-8-1-2-10-24(22)20-25)31-15-7-11-23-9-3-4-12-27(23)31/h1-21H. The van der Waals surface area contributed by atoms with Crippen LogP contribution in [0.2, 0.25) is 0 Å². The number of nitrogens with zero attached hydrogens (tertiary/aromatic N) is 1. The summed E-state index contributed by atoms with van der Waals surface area (Å²) in [6.07, 6.45) is 1.74. The quantitative estimate of drug-likeness (QED) is 0.176. The molecule has 0 bridgehead atoms. The molecule has 1 heterocycles. The predicted octanol–water partition coefficient (Wildman–Crippen LogP) is 8.99. The van der Waals surface area contributed by atoms with Gasteiger partial charge in [0.25, 0.3) is 0 Å². The number of ketones is 2. The highest BCUT2D eigenvalue weighted by Crippen LogP contribution is 2.43. The van der Waals surface area contributed by atoms with E-state index >= 15 is 0 Å². The fraction of sp³-hybridized carbons (Fsp3) is 0. The summed E-state index contributed by atoms with van der Waals surface area (Å²) >= 11 is 1.56. The molecule has 7 rings (SSSR count). The maximum Gasteiger partial charge on any atom is 0.197 e. The van der Waals surface area contributed by atoms with Crippen LogP contribution in [0.5, 0.6) is 0 Å². The zero-order valence-electron chi connectivity index (χ0n) is 20.3. The molecule has 0 spiro atoms. The van der Waals surface area contributed by atoms with Gasteiger partial charge in [0, 0.05) is 27.1 Å². The number of rotatable bonds is 4. The van der Waals surface area contributed by atoms with Gasteiger partial charge in [-0.1, -0.05) is 91.0 Å². The van der Waals surface area contributed by atoms with E-state index < -0.39 is 0 Å². The molecule has 1 aromatic heterocycles. The summed E-state index contributed by atoms with van der Waals surface area (Å²) in [4.78, 5) is 29.1. The van der Waals surface area contributed by atoms with E-state index in [1.165, 1.54) is 5.39 Å². The van der Waals surface area contributed by atoms with Crippen molar-refractivity contribution in [3.63, 3.8) is 0 Å². The lowest BCUT2D eigenvalue weighted by atomic mass is 10.1. The maximum atomic E-state index is 13.0. The van der Waals surface area contributed by atoms with E-state index in [1.807, 2.05) is 12.1 Å². The van der Waals surface area contributed by atoms with Crippen molar-refractivity contribution in [2.75, 3.05) is 4.90 Å². The molecule has 1 aliphatic rings. The number of fused-ring (bicyclic) bond motifs is 3. The first-order valence-corrected chi connectivity index (χ1v) is 13.3. The van der Waals surface area contributed by atoms with Crippen LogP contribution in [-0.2, 0) is 0 Å². The fourth-order valence-electron chi connectivity index (χ4n) is 5.19. The summed E-state index contributed by atoms with van der Waals surface area (Å²) in [5.74, 6) is -0.415. The Bertz CT molecular complexity index is 1890. The second-order valence-corrected chi connectivity index (χ2v) is 10.4. The van der Waals surface area contributed by atoms with Gasteiger partial charge in [-0.05, 0) is 52.6 Å². The second-order valence-electron chi connectivity index (χ2n) is 9.30. The fourth-order valence-corrected chi connectivity index (χ4v) is 6.18. The lowest BCUT2D eigenvalue weighted by Crippen LogP contribution is -2.08. The number of Topliss-reactive ketones (excluding diaryl/α,β-unsaturated/α-hetero) is 2. The summed E-state index contributed by atoms with van der Waals surface area (Å²) in [5, 5.41) is 5.65. The predicted molar refractivity (Wildman–Crippen MR) is 157 cm³/mol. The van der Waals surface area contributed by atoms with Crippen molar-refractivity contribution in [3.8, 4) is 0 Å². The molecule has 0 unspecified atom stereocenters. The molecule has 38 heavy (non-hydrogen) atoms. The van der Waals surface area contributed by atoms with Gasteiger partial charge in [-0.25, -0.2) is 0 Å². The van der Waals surface area contributed by atoms with Crippen LogP contribution in [0.15, 0.2) is 127 Å². The van der Waals surface area contributed by atoms with Crippen molar-refractivity contribution < 1.29 is 9.59 Å². The summed E-state index contributed by atoms with van der Waals surface area (Å²) in [6.45, 7) is 0. The number of thiophene rings is 1. The van der Waals surface area contributed by atoms with E-state index in [-0.39, 0.29) is 17.1 Å². The van der Waals surface area contributed by atoms with Crippen LogP contribution in [0.4, 0.5) is 16.4 Å². The molecule has 1 aliphatic carbocycles. The molecule has 0 fully saturated rings. The van der Waals surface area contributed by atoms with Crippen molar-refractivity contribution in [2.45, 2.75) is 0 Å². The Hall–Kier alpha value is -4.80. The van der Waals surface area contributed by atoms with Gasteiger partial charge in [0.05, 0.1) is 11.3 Å². The minimum absolute atomic E-state index is 0.207. The molecule has 5 aromatic carbocycles. The monoisotopic (exact) mass is 507 g/mol. The van der Waals surface area contributed by atoms with Gasteiger partial charge in [0.1, 0.15) is 5.00 Å². The minimum atomic E-state index is -0.207. The van der Waals surface area contributed by atoms with Gasteiger partial charge in [0.2, 0.25) is 0 Å². The number of benzene rings is 5. The third-order valence-electron chi connectivity index (χ3n) is 7.02. The molecule has 6 aromatic rings. The molecule has 0 saturated heterocycles. The molecular weight excluding hydrogens is 486 g/mol. The Balaban J connectivity index is 1.37. The molecule has 3 nitrogen and oxygen atoms in total. The van der Waals surface area contributed by atoms with Crippen LogP contribution >= 0.6 is 11.3 Å². The average molecular weight is 508 g/mol. The molecule has 0 radical (unpaired) electrons. The van der Waals surface area contributed by atoms with Crippen LogP contribution < -0.4 is 4.90 Å². The highest BCUT2D eigenvalue weighted by atomic mass is 32.1. The van der Waals surface area contributed by atoms with Crippen LogP contribution in [0.25, 0.3) is 27.6 Å². The summed E-state index contributed by atoms with van der Waals surface area (Å²) in [7, 11) is 0.